The van der Waals surface area contributed by atoms with Gasteiger partial charge in [0, 0.05) is 12.6 Å². The third-order valence-corrected chi connectivity index (χ3v) is 5.45. The summed E-state index contributed by atoms with van der Waals surface area (Å²) >= 11 is 0. The first kappa shape index (κ1) is 14.3. The van der Waals surface area contributed by atoms with Gasteiger partial charge >= 0.3 is 0 Å². The quantitative estimate of drug-likeness (QED) is 0.787. The highest BCUT2D eigenvalue weighted by molar-refractivity contribution is 4.92. The highest BCUT2D eigenvalue weighted by atomic mass is 16.3. The van der Waals surface area contributed by atoms with E-state index in [1.54, 1.807) is 0 Å². The van der Waals surface area contributed by atoms with Crippen LogP contribution in [0.3, 0.4) is 0 Å². The molecule has 18 heavy (non-hydrogen) atoms. The largest absolute Gasteiger partial charge is 0.389 e. The Balaban J connectivity index is 1.65. The van der Waals surface area contributed by atoms with E-state index in [1.165, 1.54) is 32.1 Å². The molecular weight excluding hydrogens is 222 g/mol. The van der Waals surface area contributed by atoms with Gasteiger partial charge in [0.25, 0.3) is 0 Å². The zero-order valence-corrected chi connectivity index (χ0v) is 12.4. The highest BCUT2D eigenvalue weighted by Gasteiger charge is 2.36. The molecule has 0 heterocycles. The van der Waals surface area contributed by atoms with Crippen molar-refractivity contribution in [1.29, 1.82) is 0 Å². The van der Waals surface area contributed by atoms with Gasteiger partial charge in [-0.1, -0.05) is 27.2 Å². The predicted molar refractivity (Wildman–Crippen MR) is 76.6 cm³/mol. The number of hydrogen-bond acceptors (Lipinski definition) is 2. The maximum Gasteiger partial charge on any atom is 0.0771 e. The van der Waals surface area contributed by atoms with Crippen molar-refractivity contribution in [2.75, 3.05) is 6.54 Å². The smallest absolute Gasteiger partial charge is 0.0771 e. The van der Waals surface area contributed by atoms with Gasteiger partial charge in [-0.15, -0.1) is 0 Å². The van der Waals surface area contributed by atoms with Gasteiger partial charge in [0.05, 0.1) is 5.60 Å². The van der Waals surface area contributed by atoms with Crippen LogP contribution in [0.15, 0.2) is 0 Å². The highest BCUT2D eigenvalue weighted by Crippen LogP contribution is 2.36. The summed E-state index contributed by atoms with van der Waals surface area (Å²) in [7, 11) is 0. The maximum absolute atomic E-state index is 10.6. The summed E-state index contributed by atoms with van der Waals surface area (Å²) in [6.07, 6.45) is 8.33. The molecule has 2 rings (SSSR count). The molecular formula is C16H31NO. The monoisotopic (exact) mass is 253 g/mol. The zero-order valence-electron chi connectivity index (χ0n) is 12.4. The molecule has 0 aliphatic heterocycles. The van der Waals surface area contributed by atoms with E-state index in [0.717, 1.165) is 37.1 Å². The molecule has 2 heteroatoms. The standard InChI is InChI=1S/C16H31NO/c1-4-13-5-7-16(18,8-6-13)11-17-15-9-14(10-15)12(2)3/h12-15,17-18H,4-11H2,1-3H3. The third-order valence-electron chi connectivity index (χ3n) is 5.45. The van der Waals surface area contributed by atoms with Crippen LogP contribution in [0, 0.1) is 17.8 Å². The average molecular weight is 253 g/mol. The minimum absolute atomic E-state index is 0.408. The van der Waals surface area contributed by atoms with Crippen molar-refractivity contribution in [3.8, 4) is 0 Å². The van der Waals surface area contributed by atoms with Gasteiger partial charge in [-0.25, -0.2) is 0 Å². The topological polar surface area (TPSA) is 32.3 Å². The summed E-state index contributed by atoms with van der Waals surface area (Å²) < 4.78 is 0. The first-order valence-electron chi connectivity index (χ1n) is 7.98. The van der Waals surface area contributed by atoms with Crippen molar-refractivity contribution < 1.29 is 5.11 Å². The average Bonchev–Trinajstić information content (AvgIpc) is 2.27. The molecule has 2 fully saturated rings. The summed E-state index contributed by atoms with van der Waals surface area (Å²) in [5, 5.41) is 14.2. The molecule has 0 spiro atoms. The molecule has 0 aromatic carbocycles. The summed E-state index contributed by atoms with van der Waals surface area (Å²) in [4.78, 5) is 0. The summed E-state index contributed by atoms with van der Waals surface area (Å²) in [6, 6.07) is 0.672. The van der Waals surface area contributed by atoms with Crippen molar-refractivity contribution in [3.05, 3.63) is 0 Å². The molecule has 0 amide bonds. The van der Waals surface area contributed by atoms with E-state index in [9.17, 15) is 5.11 Å². The number of rotatable bonds is 5. The van der Waals surface area contributed by atoms with E-state index < -0.39 is 5.60 Å². The van der Waals surface area contributed by atoms with Crippen molar-refractivity contribution in [2.24, 2.45) is 17.8 Å². The molecule has 0 radical (unpaired) electrons. The molecule has 2 nitrogen and oxygen atoms in total. The van der Waals surface area contributed by atoms with Crippen molar-refractivity contribution in [2.45, 2.75) is 77.4 Å². The number of nitrogens with one attached hydrogen (secondary N) is 1. The van der Waals surface area contributed by atoms with Gasteiger partial charge in [-0.2, -0.15) is 0 Å². The molecule has 0 unspecified atom stereocenters. The lowest BCUT2D eigenvalue weighted by atomic mass is 9.73. The Morgan fingerprint density at radius 2 is 1.83 bits per heavy atom. The van der Waals surface area contributed by atoms with Crippen LogP contribution in [0.25, 0.3) is 0 Å². The lowest BCUT2D eigenvalue weighted by molar-refractivity contribution is -0.0154. The first-order chi connectivity index (χ1) is 8.52. The Morgan fingerprint density at radius 3 is 2.33 bits per heavy atom. The van der Waals surface area contributed by atoms with E-state index in [4.69, 9.17) is 0 Å². The van der Waals surface area contributed by atoms with Gasteiger partial charge in [-0.05, 0) is 56.3 Å². The maximum atomic E-state index is 10.6. The van der Waals surface area contributed by atoms with Crippen molar-refractivity contribution in [1.82, 2.24) is 5.32 Å². The van der Waals surface area contributed by atoms with E-state index in [0.29, 0.717) is 6.04 Å². The van der Waals surface area contributed by atoms with E-state index in [1.807, 2.05) is 0 Å². The van der Waals surface area contributed by atoms with Crippen LogP contribution in [0.4, 0.5) is 0 Å². The van der Waals surface area contributed by atoms with Crippen LogP contribution in [0.2, 0.25) is 0 Å². The fraction of sp³-hybridized carbons (Fsp3) is 1.00. The second-order valence-corrected chi connectivity index (χ2v) is 7.13. The normalized spacial score (nSPS) is 40.8. The molecule has 0 aromatic rings. The second-order valence-electron chi connectivity index (χ2n) is 7.13. The SMILES string of the molecule is CCC1CCC(O)(CNC2CC(C(C)C)C2)CC1. The van der Waals surface area contributed by atoms with Crippen LogP contribution in [-0.4, -0.2) is 23.3 Å². The summed E-state index contributed by atoms with van der Waals surface area (Å²) in [5.74, 6) is 2.60. The Hall–Kier alpha value is -0.0800. The number of hydrogen-bond donors (Lipinski definition) is 2. The Labute approximate surface area is 113 Å². The Morgan fingerprint density at radius 1 is 1.22 bits per heavy atom. The van der Waals surface area contributed by atoms with Crippen LogP contribution < -0.4 is 5.32 Å². The zero-order chi connectivity index (χ0) is 13.2. The minimum atomic E-state index is -0.408. The van der Waals surface area contributed by atoms with E-state index in [-0.39, 0.29) is 0 Å². The lowest BCUT2D eigenvalue weighted by Gasteiger charge is -2.42. The fourth-order valence-electron chi connectivity index (χ4n) is 3.51. The lowest BCUT2D eigenvalue weighted by Crippen LogP contribution is -2.51. The molecule has 0 bridgehead atoms. The van der Waals surface area contributed by atoms with Crippen LogP contribution in [-0.2, 0) is 0 Å². The molecule has 2 aliphatic rings. The summed E-state index contributed by atoms with van der Waals surface area (Å²) in [6.45, 7) is 7.73. The Kier molecular flexibility index (Phi) is 4.71. The molecule has 106 valence electrons. The molecule has 2 N–H and O–H groups in total. The van der Waals surface area contributed by atoms with E-state index in [2.05, 4.69) is 26.1 Å². The van der Waals surface area contributed by atoms with Gasteiger partial charge in [0.15, 0.2) is 0 Å². The fourth-order valence-corrected chi connectivity index (χ4v) is 3.51. The second kappa shape index (κ2) is 5.92. The number of aliphatic hydroxyl groups is 1. The van der Waals surface area contributed by atoms with Crippen LogP contribution >= 0.6 is 0 Å². The van der Waals surface area contributed by atoms with Crippen molar-refractivity contribution >= 4 is 0 Å². The van der Waals surface area contributed by atoms with E-state index >= 15 is 0 Å². The molecule has 0 saturated heterocycles. The van der Waals surface area contributed by atoms with Crippen LogP contribution in [0.5, 0.6) is 0 Å². The molecule has 0 aromatic heterocycles. The third kappa shape index (κ3) is 3.48. The van der Waals surface area contributed by atoms with Gasteiger partial charge in [0.1, 0.15) is 0 Å². The summed E-state index contributed by atoms with van der Waals surface area (Å²) in [5.41, 5.74) is -0.408. The predicted octanol–water partition coefficient (Wildman–Crippen LogP) is 3.34. The molecule has 2 saturated carbocycles. The van der Waals surface area contributed by atoms with Crippen LogP contribution in [0.1, 0.15) is 65.7 Å². The minimum Gasteiger partial charge on any atom is -0.389 e. The first-order valence-corrected chi connectivity index (χ1v) is 7.98. The molecule has 0 atom stereocenters. The van der Waals surface area contributed by atoms with Gasteiger partial charge < -0.3 is 10.4 Å². The van der Waals surface area contributed by atoms with Gasteiger partial charge in [0.2, 0.25) is 0 Å². The molecule has 2 aliphatic carbocycles. The van der Waals surface area contributed by atoms with Crippen molar-refractivity contribution in [3.63, 3.8) is 0 Å². The van der Waals surface area contributed by atoms with Gasteiger partial charge in [-0.3, -0.25) is 0 Å². The Bertz CT molecular complexity index is 250.